The van der Waals surface area contributed by atoms with Crippen LogP contribution in [0.15, 0.2) is 48.5 Å². The molecule has 2 aromatic carbocycles. The first kappa shape index (κ1) is 15.3. The lowest BCUT2D eigenvalue weighted by Crippen LogP contribution is -2.52. The normalized spacial score (nSPS) is 28.9. The van der Waals surface area contributed by atoms with Gasteiger partial charge in [-0.3, -0.25) is 4.90 Å². The van der Waals surface area contributed by atoms with Crippen molar-refractivity contribution in [2.75, 3.05) is 11.1 Å². The van der Waals surface area contributed by atoms with Crippen molar-refractivity contribution in [3.05, 3.63) is 59.7 Å². The number of hydrogen-bond donors (Lipinski definition) is 2. The summed E-state index contributed by atoms with van der Waals surface area (Å²) in [6.45, 7) is 0. The Kier molecular flexibility index (Phi) is 3.70. The fourth-order valence-electron chi connectivity index (χ4n) is 5.52. The molecule has 0 saturated carbocycles. The van der Waals surface area contributed by atoms with Gasteiger partial charge < -0.3 is 11.1 Å². The summed E-state index contributed by atoms with van der Waals surface area (Å²) in [5.74, 6) is 0. The average Bonchev–Trinajstić information content (AvgIpc) is 3.15. The topological polar surface area (TPSA) is 41.3 Å². The largest absolute Gasteiger partial charge is 0.397 e. The first-order valence-electron chi connectivity index (χ1n) is 9.73. The first-order valence-corrected chi connectivity index (χ1v) is 9.73. The fourth-order valence-corrected chi connectivity index (χ4v) is 5.52. The number of para-hydroxylation sites is 2. The van der Waals surface area contributed by atoms with Gasteiger partial charge in [0.15, 0.2) is 0 Å². The number of nitrogens with zero attached hydrogens (tertiary/aromatic N) is 1. The second-order valence-electron chi connectivity index (χ2n) is 8.06. The molecule has 3 N–H and O–H groups in total. The maximum atomic E-state index is 6.13. The van der Waals surface area contributed by atoms with Crippen LogP contribution in [0.2, 0.25) is 0 Å². The van der Waals surface area contributed by atoms with E-state index in [1.54, 1.807) is 11.1 Å². The second kappa shape index (κ2) is 6.06. The molecule has 3 nitrogen and oxygen atoms in total. The fraction of sp³-hybridized carbons (Fsp3) is 0.455. The Labute approximate surface area is 150 Å². The molecule has 0 amide bonds. The van der Waals surface area contributed by atoms with Gasteiger partial charge in [-0.15, -0.1) is 0 Å². The molecule has 2 aromatic rings. The number of piperidine rings is 1. The molecule has 3 aliphatic rings. The number of nitrogen functional groups attached to an aromatic ring is 1. The molecule has 130 valence electrons. The molecule has 3 heteroatoms. The number of nitrogens with one attached hydrogen (secondary N) is 1. The molecule has 2 saturated heterocycles. The summed E-state index contributed by atoms with van der Waals surface area (Å²) in [7, 11) is 0. The molecule has 25 heavy (non-hydrogen) atoms. The van der Waals surface area contributed by atoms with Crippen molar-refractivity contribution in [2.24, 2.45) is 0 Å². The number of hydrogen-bond acceptors (Lipinski definition) is 3. The molecule has 0 spiro atoms. The molecule has 5 rings (SSSR count). The van der Waals surface area contributed by atoms with Crippen molar-refractivity contribution in [1.29, 1.82) is 0 Å². The molecule has 2 bridgehead atoms. The maximum absolute atomic E-state index is 6.13. The highest BCUT2D eigenvalue weighted by atomic mass is 15.3. The molecule has 1 unspecified atom stereocenters. The summed E-state index contributed by atoms with van der Waals surface area (Å²) in [6.07, 6.45) is 7.70. The van der Waals surface area contributed by atoms with E-state index in [9.17, 15) is 0 Å². The summed E-state index contributed by atoms with van der Waals surface area (Å²) in [4.78, 5) is 2.88. The lowest BCUT2D eigenvalue weighted by atomic mass is 9.94. The van der Waals surface area contributed by atoms with Crippen LogP contribution < -0.4 is 11.1 Å². The Morgan fingerprint density at radius 2 is 1.40 bits per heavy atom. The summed E-state index contributed by atoms with van der Waals surface area (Å²) in [5, 5.41) is 3.73. The number of rotatable bonds is 3. The Balaban J connectivity index is 1.29. The van der Waals surface area contributed by atoms with Crippen molar-refractivity contribution >= 4 is 11.4 Å². The minimum Gasteiger partial charge on any atom is -0.397 e. The van der Waals surface area contributed by atoms with Gasteiger partial charge in [0.05, 0.1) is 11.4 Å². The third-order valence-corrected chi connectivity index (χ3v) is 6.56. The number of benzene rings is 2. The lowest BCUT2D eigenvalue weighted by molar-refractivity contribution is 0.0852. The molecular weight excluding hydrogens is 306 g/mol. The standard InChI is InChI=1S/C22H27N3/c23-21-7-3-4-8-22(21)24-17-13-18-9-10-19(14-17)25(18)20-11-15-5-1-2-6-16(15)12-20/h1-8,17-20,24H,9-14,23H2/t17?,18-,19+. The Morgan fingerprint density at radius 1 is 0.800 bits per heavy atom. The Morgan fingerprint density at radius 3 is 2.04 bits per heavy atom. The van der Waals surface area contributed by atoms with Crippen LogP contribution in [0.25, 0.3) is 0 Å². The Bertz CT molecular complexity index is 732. The monoisotopic (exact) mass is 333 g/mol. The highest BCUT2D eigenvalue weighted by Crippen LogP contribution is 2.41. The van der Waals surface area contributed by atoms with Crippen LogP contribution in [0.5, 0.6) is 0 Å². The zero-order chi connectivity index (χ0) is 16.8. The molecule has 0 aromatic heterocycles. The van der Waals surface area contributed by atoms with E-state index in [0.717, 1.165) is 29.5 Å². The molecular formula is C22H27N3. The minimum atomic E-state index is 0.558. The van der Waals surface area contributed by atoms with Crippen LogP contribution in [0.4, 0.5) is 11.4 Å². The van der Waals surface area contributed by atoms with Crippen LogP contribution in [-0.2, 0) is 12.8 Å². The Hall–Kier alpha value is -2.00. The average molecular weight is 333 g/mol. The van der Waals surface area contributed by atoms with Gasteiger partial charge in [0.2, 0.25) is 0 Å². The summed E-state index contributed by atoms with van der Waals surface area (Å²) < 4.78 is 0. The highest BCUT2D eigenvalue weighted by Gasteiger charge is 2.45. The lowest BCUT2D eigenvalue weighted by Gasteiger charge is -2.43. The predicted octanol–water partition coefficient (Wildman–Crippen LogP) is 3.84. The molecule has 2 heterocycles. The van der Waals surface area contributed by atoms with Crippen LogP contribution >= 0.6 is 0 Å². The third-order valence-electron chi connectivity index (χ3n) is 6.56. The smallest absolute Gasteiger partial charge is 0.0576 e. The first-order chi connectivity index (χ1) is 12.3. The zero-order valence-electron chi connectivity index (χ0n) is 14.7. The summed E-state index contributed by atoms with van der Waals surface area (Å²) >= 11 is 0. The van der Waals surface area contributed by atoms with Crippen LogP contribution in [0.3, 0.4) is 0 Å². The van der Waals surface area contributed by atoms with E-state index in [1.807, 2.05) is 12.1 Å². The van der Waals surface area contributed by atoms with E-state index in [2.05, 4.69) is 46.6 Å². The molecule has 0 radical (unpaired) electrons. The van der Waals surface area contributed by atoms with Gasteiger partial charge in [-0.1, -0.05) is 36.4 Å². The molecule has 3 atom stereocenters. The second-order valence-corrected chi connectivity index (χ2v) is 8.06. The van der Waals surface area contributed by atoms with Gasteiger partial charge in [-0.2, -0.15) is 0 Å². The van der Waals surface area contributed by atoms with Crippen molar-refractivity contribution in [3.8, 4) is 0 Å². The van der Waals surface area contributed by atoms with Crippen molar-refractivity contribution in [1.82, 2.24) is 4.90 Å². The van der Waals surface area contributed by atoms with Gasteiger partial charge in [0.25, 0.3) is 0 Å². The van der Waals surface area contributed by atoms with Gasteiger partial charge >= 0.3 is 0 Å². The van der Waals surface area contributed by atoms with Crippen molar-refractivity contribution < 1.29 is 0 Å². The quantitative estimate of drug-likeness (QED) is 0.839. The van der Waals surface area contributed by atoms with E-state index < -0.39 is 0 Å². The van der Waals surface area contributed by atoms with E-state index in [0.29, 0.717) is 6.04 Å². The van der Waals surface area contributed by atoms with E-state index >= 15 is 0 Å². The third kappa shape index (κ3) is 2.71. The molecule has 2 fully saturated rings. The molecule has 2 aliphatic heterocycles. The van der Waals surface area contributed by atoms with Crippen LogP contribution in [0, 0.1) is 0 Å². The molecule has 1 aliphatic carbocycles. The summed E-state index contributed by atoms with van der Waals surface area (Å²) in [6, 6.07) is 19.9. The van der Waals surface area contributed by atoms with Gasteiger partial charge in [-0.25, -0.2) is 0 Å². The van der Waals surface area contributed by atoms with Crippen molar-refractivity contribution in [3.63, 3.8) is 0 Å². The van der Waals surface area contributed by atoms with E-state index in [4.69, 9.17) is 5.73 Å². The van der Waals surface area contributed by atoms with Crippen molar-refractivity contribution in [2.45, 2.75) is 62.7 Å². The number of anilines is 2. The minimum absolute atomic E-state index is 0.558. The van der Waals surface area contributed by atoms with E-state index in [-0.39, 0.29) is 0 Å². The van der Waals surface area contributed by atoms with Gasteiger partial charge in [-0.05, 0) is 61.8 Å². The zero-order valence-corrected chi connectivity index (χ0v) is 14.7. The number of nitrogens with two attached hydrogens (primary N) is 1. The SMILES string of the molecule is Nc1ccccc1NC1C[C@H]2CC[C@@H](C1)N2C1Cc2ccccc2C1. The van der Waals surface area contributed by atoms with Gasteiger partial charge in [0.1, 0.15) is 0 Å². The van der Waals surface area contributed by atoms with Gasteiger partial charge in [0, 0.05) is 24.2 Å². The van der Waals surface area contributed by atoms with E-state index in [1.165, 1.54) is 38.5 Å². The maximum Gasteiger partial charge on any atom is 0.0576 e. The number of fused-ring (bicyclic) bond motifs is 3. The summed E-state index contributed by atoms with van der Waals surface area (Å²) in [5.41, 5.74) is 11.2. The highest BCUT2D eigenvalue weighted by molar-refractivity contribution is 5.66. The van der Waals surface area contributed by atoms with Crippen LogP contribution in [0.1, 0.15) is 36.8 Å². The van der Waals surface area contributed by atoms with Crippen LogP contribution in [-0.4, -0.2) is 29.1 Å². The predicted molar refractivity (Wildman–Crippen MR) is 104 cm³/mol.